The predicted octanol–water partition coefficient (Wildman–Crippen LogP) is 4.30. The van der Waals surface area contributed by atoms with Crippen LogP contribution in [0.2, 0.25) is 10.0 Å². The minimum atomic E-state index is -0.766. The second kappa shape index (κ2) is 8.62. The molecule has 1 heterocycles. The molecule has 0 aliphatic rings. The number of carbonyl (C=O) groups is 1. The van der Waals surface area contributed by atoms with E-state index in [1.165, 1.54) is 11.2 Å². The number of amides is 1. The molecule has 1 atom stereocenters. The maximum atomic E-state index is 12.6. The maximum absolute atomic E-state index is 12.6. The fraction of sp³-hybridized carbons (Fsp3) is 0.294. The van der Waals surface area contributed by atoms with Gasteiger partial charge in [-0.25, -0.2) is 0 Å². The molecule has 1 aromatic carbocycles. The van der Waals surface area contributed by atoms with Crippen LogP contribution in [0.25, 0.3) is 0 Å². The van der Waals surface area contributed by atoms with Crippen LogP contribution in [0, 0.1) is 11.3 Å². The van der Waals surface area contributed by atoms with Crippen molar-refractivity contribution in [2.75, 3.05) is 6.54 Å². The highest BCUT2D eigenvalue weighted by molar-refractivity contribution is 6.35. The van der Waals surface area contributed by atoms with Crippen molar-refractivity contribution < 1.29 is 13.9 Å². The van der Waals surface area contributed by atoms with Gasteiger partial charge in [0, 0.05) is 11.6 Å². The number of hydrogen-bond donors (Lipinski definition) is 0. The molecule has 1 amide bonds. The number of nitriles is 1. The first-order valence-corrected chi connectivity index (χ1v) is 8.06. The van der Waals surface area contributed by atoms with Crippen molar-refractivity contribution in [3.05, 3.63) is 52.4 Å². The van der Waals surface area contributed by atoms with E-state index in [2.05, 4.69) is 0 Å². The summed E-state index contributed by atoms with van der Waals surface area (Å²) in [5, 5.41) is 9.60. The number of benzene rings is 1. The van der Waals surface area contributed by atoms with Gasteiger partial charge >= 0.3 is 0 Å². The van der Waals surface area contributed by atoms with Crippen LogP contribution < -0.4 is 4.74 Å². The summed E-state index contributed by atoms with van der Waals surface area (Å²) >= 11 is 11.9. The summed E-state index contributed by atoms with van der Waals surface area (Å²) < 4.78 is 10.9. The van der Waals surface area contributed by atoms with Gasteiger partial charge < -0.3 is 14.1 Å². The summed E-state index contributed by atoms with van der Waals surface area (Å²) in [4.78, 5) is 14.2. The normalized spacial score (nSPS) is 11.6. The first-order chi connectivity index (χ1) is 11.5. The Morgan fingerprint density at radius 2 is 2.21 bits per heavy atom. The van der Waals surface area contributed by atoms with Gasteiger partial charge in [-0.1, -0.05) is 23.2 Å². The smallest absolute Gasteiger partial charge is 0.263 e. The Balaban J connectivity index is 2.07. The molecule has 2 aromatic rings. The molecule has 1 unspecified atom stereocenters. The molecule has 1 aromatic heterocycles. The van der Waals surface area contributed by atoms with E-state index in [0.717, 1.165) is 0 Å². The molecule has 0 aliphatic heterocycles. The highest BCUT2D eigenvalue weighted by atomic mass is 35.5. The van der Waals surface area contributed by atoms with Gasteiger partial charge in [0.15, 0.2) is 6.10 Å². The SMILES string of the molecule is CC(Oc1ccc(Cl)cc1Cl)C(=O)N(CCC#N)Cc1ccco1. The lowest BCUT2D eigenvalue weighted by molar-refractivity contribution is -0.138. The van der Waals surface area contributed by atoms with E-state index in [4.69, 9.17) is 37.6 Å². The molecule has 24 heavy (non-hydrogen) atoms. The van der Waals surface area contributed by atoms with Gasteiger partial charge in [0.05, 0.1) is 30.3 Å². The summed E-state index contributed by atoms with van der Waals surface area (Å²) in [6.45, 7) is 2.20. The van der Waals surface area contributed by atoms with Crippen LogP contribution >= 0.6 is 23.2 Å². The quantitative estimate of drug-likeness (QED) is 0.732. The lowest BCUT2D eigenvalue weighted by atomic mass is 10.2. The highest BCUT2D eigenvalue weighted by Crippen LogP contribution is 2.28. The highest BCUT2D eigenvalue weighted by Gasteiger charge is 2.23. The van der Waals surface area contributed by atoms with Crippen molar-refractivity contribution >= 4 is 29.1 Å². The maximum Gasteiger partial charge on any atom is 0.263 e. The topological polar surface area (TPSA) is 66.5 Å². The van der Waals surface area contributed by atoms with Crippen LogP contribution in [0.4, 0.5) is 0 Å². The predicted molar refractivity (Wildman–Crippen MR) is 90.9 cm³/mol. The van der Waals surface area contributed by atoms with Crippen LogP contribution in [0.1, 0.15) is 19.1 Å². The van der Waals surface area contributed by atoms with E-state index in [0.29, 0.717) is 21.6 Å². The average Bonchev–Trinajstić information content (AvgIpc) is 3.06. The number of carbonyl (C=O) groups excluding carboxylic acids is 1. The number of halogens is 2. The number of rotatable bonds is 7. The second-order valence-electron chi connectivity index (χ2n) is 5.08. The van der Waals surface area contributed by atoms with Crippen LogP contribution in [0.5, 0.6) is 5.75 Å². The monoisotopic (exact) mass is 366 g/mol. The zero-order chi connectivity index (χ0) is 17.5. The first-order valence-electron chi connectivity index (χ1n) is 7.31. The molecule has 0 fully saturated rings. The van der Waals surface area contributed by atoms with Gasteiger partial charge in [0.1, 0.15) is 11.5 Å². The van der Waals surface area contributed by atoms with E-state index in [9.17, 15) is 4.79 Å². The molecule has 0 bridgehead atoms. The van der Waals surface area contributed by atoms with Crippen molar-refractivity contribution in [3.63, 3.8) is 0 Å². The van der Waals surface area contributed by atoms with Crippen LogP contribution in [0.3, 0.4) is 0 Å². The van der Waals surface area contributed by atoms with Crippen molar-refractivity contribution in [3.8, 4) is 11.8 Å². The van der Waals surface area contributed by atoms with Crippen molar-refractivity contribution in [2.24, 2.45) is 0 Å². The Kier molecular flexibility index (Phi) is 6.53. The molecular formula is C17H16Cl2N2O3. The van der Waals surface area contributed by atoms with Gasteiger partial charge in [-0.05, 0) is 37.3 Å². The third-order valence-electron chi connectivity index (χ3n) is 3.28. The first kappa shape index (κ1) is 18.2. The van der Waals surface area contributed by atoms with Crippen LogP contribution in [0.15, 0.2) is 41.0 Å². The molecule has 0 radical (unpaired) electrons. The van der Waals surface area contributed by atoms with Crippen molar-refractivity contribution in [1.82, 2.24) is 4.90 Å². The van der Waals surface area contributed by atoms with E-state index >= 15 is 0 Å². The van der Waals surface area contributed by atoms with Gasteiger partial charge in [-0.3, -0.25) is 4.79 Å². The van der Waals surface area contributed by atoms with Gasteiger partial charge in [0.25, 0.3) is 5.91 Å². The van der Waals surface area contributed by atoms with Gasteiger partial charge in [0.2, 0.25) is 0 Å². The Labute approximate surface area is 150 Å². The lowest BCUT2D eigenvalue weighted by Crippen LogP contribution is -2.40. The average molecular weight is 367 g/mol. The molecular weight excluding hydrogens is 351 g/mol. The summed E-state index contributed by atoms with van der Waals surface area (Å²) in [5.41, 5.74) is 0. The molecule has 0 saturated heterocycles. The number of furan rings is 1. The number of nitrogens with zero attached hydrogens (tertiary/aromatic N) is 2. The zero-order valence-electron chi connectivity index (χ0n) is 13.0. The van der Waals surface area contributed by atoms with Crippen molar-refractivity contribution in [2.45, 2.75) is 26.0 Å². The van der Waals surface area contributed by atoms with E-state index < -0.39 is 6.10 Å². The molecule has 0 spiro atoms. The third-order valence-corrected chi connectivity index (χ3v) is 3.81. The third kappa shape index (κ3) is 4.92. The van der Waals surface area contributed by atoms with E-state index in [1.54, 1.807) is 37.3 Å². The fourth-order valence-electron chi connectivity index (χ4n) is 2.11. The minimum absolute atomic E-state index is 0.223. The lowest BCUT2D eigenvalue weighted by Gasteiger charge is -2.25. The summed E-state index contributed by atoms with van der Waals surface area (Å²) in [6.07, 6.45) is 0.994. The Bertz CT molecular complexity index is 726. The molecule has 7 heteroatoms. The van der Waals surface area contributed by atoms with E-state index in [-0.39, 0.29) is 25.4 Å². The molecule has 0 aliphatic carbocycles. The second-order valence-corrected chi connectivity index (χ2v) is 5.93. The molecule has 126 valence electrons. The molecule has 5 nitrogen and oxygen atoms in total. The Hall–Kier alpha value is -2.16. The zero-order valence-corrected chi connectivity index (χ0v) is 14.5. The minimum Gasteiger partial charge on any atom is -0.479 e. The largest absolute Gasteiger partial charge is 0.479 e. The molecule has 2 rings (SSSR count). The molecule has 0 saturated carbocycles. The summed E-state index contributed by atoms with van der Waals surface area (Å²) in [5.74, 6) is 0.755. The fourth-order valence-corrected chi connectivity index (χ4v) is 2.56. The van der Waals surface area contributed by atoms with Gasteiger partial charge in [-0.15, -0.1) is 0 Å². The number of ether oxygens (including phenoxy) is 1. The standard InChI is InChI=1S/C17H16Cl2N2O3/c1-12(24-16-6-5-13(18)10-15(16)19)17(22)21(8-3-7-20)11-14-4-2-9-23-14/h2,4-6,9-10,12H,3,8,11H2,1H3. The number of hydrogen-bond acceptors (Lipinski definition) is 4. The summed E-state index contributed by atoms with van der Waals surface area (Å²) in [6, 6.07) is 10.3. The Morgan fingerprint density at radius 1 is 1.42 bits per heavy atom. The van der Waals surface area contributed by atoms with Crippen LogP contribution in [-0.4, -0.2) is 23.5 Å². The van der Waals surface area contributed by atoms with Gasteiger partial charge in [-0.2, -0.15) is 5.26 Å². The van der Waals surface area contributed by atoms with E-state index in [1.807, 2.05) is 6.07 Å². The Morgan fingerprint density at radius 3 is 2.83 bits per heavy atom. The molecule has 0 N–H and O–H groups in total. The van der Waals surface area contributed by atoms with Crippen molar-refractivity contribution in [1.29, 1.82) is 5.26 Å². The summed E-state index contributed by atoms with van der Waals surface area (Å²) in [7, 11) is 0. The van der Waals surface area contributed by atoms with Crippen LogP contribution in [-0.2, 0) is 11.3 Å².